The van der Waals surface area contributed by atoms with E-state index in [2.05, 4.69) is 10.1 Å². The minimum atomic E-state index is -0.651. The van der Waals surface area contributed by atoms with Gasteiger partial charge in [-0.3, -0.25) is 4.79 Å². The first kappa shape index (κ1) is 16.1. The number of carbonyl (C=O) groups is 1. The average Bonchev–Trinajstić information content (AvgIpc) is 3.29. The van der Waals surface area contributed by atoms with Crippen molar-refractivity contribution in [2.75, 3.05) is 13.1 Å². The number of nitrogens with zero attached hydrogens (tertiary/aromatic N) is 3. The van der Waals surface area contributed by atoms with Gasteiger partial charge in [-0.2, -0.15) is 4.98 Å². The van der Waals surface area contributed by atoms with E-state index in [1.165, 1.54) is 6.07 Å². The molecule has 0 radical (unpaired) electrons. The minimum absolute atomic E-state index is 0.0715. The number of hydrogen-bond donors (Lipinski definition) is 0. The highest BCUT2D eigenvalue weighted by Crippen LogP contribution is 2.33. The lowest BCUT2D eigenvalue weighted by Gasteiger charge is -2.32. The highest BCUT2D eigenvalue weighted by molar-refractivity contribution is 5.82. The molecular weight excluding hydrogens is 325 g/mol. The van der Waals surface area contributed by atoms with Gasteiger partial charge in [0.05, 0.1) is 0 Å². The van der Waals surface area contributed by atoms with Gasteiger partial charge in [-0.05, 0) is 18.9 Å². The fourth-order valence-corrected chi connectivity index (χ4v) is 3.54. The van der Waals surface area contributed by atoms with Gasteiger partial charge in [0, 0.05) is 37.4 Å². The number of ether oxygens (including phenoxy) is 1. The molecule has 1 fully saturated rings. The van der Waals surface area contributed by atoms with Crippen LogP contribution in [0.4, 0.5) is 4.39 Å². The number of rotatable bonds is 3. The Balaban J connectivity index is 1.45. The summed E-state index contributed by atoms with van der Waals surface area (Å²) in [7, 11) is 0. The largest absolute Gasteiger partial charge is 0.477 e. The molecule has 0 saturated carbocycles. The van der Waals surface area contributed by atoms with Crippen LogP contribution in [0, 0.1) is 5.82 Å². The summed E-state index contributed by atoms with van der Waals surface area (Å²) in [5.41, 5.74) is 0.748. The Kier molecular flexibility index (Phi) is 4.15. The highest BCUT2D eigenvalue weighted by Gasteiger charge is 2.36. The monoisotopic (exact) mass is 345 g/mol. The van der Waals surface area contributed by atoms with Gasteiger partial charge in [0.2, 0.25) is 5.89 Å². The van der Waals surface area contributed by atoms with E-state index < -0.39 is 11.9 Å². The Morgan fingerprint density at radius 2 is 2.32 bits per heavy atom. The van der Waals surface area contributed by atoms with Crippen LogP contribution in [-0.4, -0.2) is 40.1 Å². The Hall–Kier alpha value is -2.44. The molecule has 6 nitrogen and oxygen atoms in total. The topological polar surface area (TPSA) is 68.5 Å². The quantitative estimate of drug-likeness (QED) is 0.855. The Bertz CT molecular complexity index is 792. The van der Waals surface area contributed by atoms with Crippen LogP contribution < -0.4 is 4.74 Å². The molecule has 1 aromatic heterocycles. The second-order valence-electron chi connectivity index (χ2n) is 6.56. The number of halogens is 1. The first-order valence-electron chi connectivity index (χ1n) is 8.71. The molecule has 1 amide bonds. The number of carbonyl (C=O) groups excluding carboxylic acids is 1. The summed E-state index contributed by atoms with van der Waals surface area (Å²) in [6.45, 7) is 3.18. The predicted octanol–water partition coefficient (Wildman–Crippen LogP) is 2.48. The van der Waals surface area contributed by atoms with Crippen molar-refractivity contribution in [1.29, 1.82) is 0 Å². The van der Waals surface area contributed by atoms with E-state index in [4.69, 9.17) is 9.26 Å². The number of piperidine rings is 1. The number of fused-ring (bicyclic) bond motifs is 1. The Morgan fingerprint density at radius 1 is 1.44 bits per heavy atom. The SMILES string of the molecule is CCc1nc(C2CCCN(C(=O)C3Cc4cccc(F)c4O3)C2)no1. The molecule has 0 spiro atoms. The summed E-state index contributed by atoms with van der Waals surface area (Å²) in [6.07, 6.45) is 2.26. The van der Waals surface area contributed by atoms with E-state index in [9.17, 15) is 9.18 Å². The highest BCUT2D eigenvalue weighted by atomic mass is 19.1. The molecule has 1 aromatic carbocycles. The lowest BCUT2D eigenvalue weighted by Crippen LogP contribution is -2.46. The number of amides is 1. The van der Waals surface area contributed by atoms with Crippen molar-refractivity contribution in [2.45, 2.75) is 44.6 Å². The zero-order valence-electron chi connectivity index (χ0n) is 14.1. The number of likely N-dealkylation sites (tertiary alicyclic amines) is 1. The van der Waals surface area contributed by atoms with Gasteiger partial charge in [0.15, 0.2) is 23.5 Å². The normalized spacial score (nSPS) is 22.6. The second kappa shape index (κ2) is 6.46. The van der Waals surface area contributed by atoms with Crippen LogP contribution in [0.2, 0.25) is 0 Å². The van der Waals surface area contributed by atoms with Crippen LogP contribution in [0.3, 0.4) is 0 Å². The third-order valence-electron chi connectivity index (χ3n) is 4.87. The van der Waals surface area contributed by atoms with Crippen molar-refractivity contribution in [1.82, 2.24) is 15.0 Å². The standard InChI is InChI=1S/C18H20FN3O3/c1-2-15-20-17(21-25-15)12-6-4-8-22(10-12)18(23)14-9-11-5-3-7-13(19)16(11)24-14/h3,5,7,12,14H,2,4,6,8-10H2,1H3. The van der Waals surface area contributed by atoms with Crippen LogP contribution in [0.25, 0.3) is 0 Å². The minimum Gasteiger partial charge on any atom is -0.477 e. The van der Waals surface area contributed by atoms with Gasteiger partial charge in [0.1, 0.15) is 0 Å². The van der Waals surface area contributed by atoms with Gasteiger partial charge < -0.3 is 14.2 Å². The van der Waals surface area contributed by atoms with Crippen molar-refractivity contribution < 1.29 is 18.4 Å². The maximum atomic E-state index is 13.8. The lowest BCUT2D eigenvalue weighted by molar-refractivity contribution is -0.139. The Labute approximate surface area is 145 Å². The molecule has 2 atom stereocenters. The van der Waals surface area contributed by atoms with Gasteiger partial charge in [0.25, 0.3) is 5.91 Å². The van der Waals surface area contributed by atoms with E-state index >= 15 is 0 Å². The molecule has 2 unspecified atom stereocenters. The van der Waals surface area contributed by atoms with E-state index in [0.29, 0.717) is 37.6 Å². The molecule has 0 N–H and O–H groups in total. The second-order valence-corrected chi connectivity index (χ2v) is 6.56. The first-order chi connectivity index (χ1) is 12.2. The third kappa shape index (κ3) is 2.99. The number of aryl methyl sites for hydroxylation is 1. The summed E-state index contributed by atoms with van der Waals surface area (Å²) >= 11 is 0. The van der Waals surface area contributed by atoms with E-state index in [1.807, 2.05) is 6.92 Å². The van der Waals surface area contributed by atoms with E-state index in [-0.39, 0.29) is 17.6 Å². The maximum absolute atomic E-state index is 13.8. The number of hydrogen-bond acceptors (Lipinski definition) is 5. The average molecular weight is 345 g/mol. The van der Waals surface area contributed by atoms with Crippen LogP contribution >= 0.6 is 0 Å². The first-order valence-corrected chi connectivity index (χ1v) is 8.71. The zero-order valence-corrected chi connectivity index (χ0v) is 14.1. The van der Waals surface area contributed by atoms with E-state index in [0.717, 1.165) is 18.4 Å². The van der Waals surface area contributed by atoms with Crippen molar-refractivity contribution in [2.24, 2.45) is 0 Å². The molecule has 1 saturated heterocycles. The van der Waals surface area contributed by atoms with Crippen molar-refractivity contribution in [3.8, 4) is 5.75 Å². The van der Waals surface area contributed by atoms with Crippen LogP contribution in [0.15, 0.2) is 22.7 Å². The van der Waals surface area contributed by atoms with E-state index in [1.54, 1.807) is 17.0 Å². The fourth-order valence-electron chi connectivity index (χ4n) is 3.54. The lowest BCUT2D eigenvalue weighted by atomic mass is 9.96. The summed E-state index contributed by atoms with van der Waals surface area (Å²) in [5.74, 6) is 1.05. The van der Waals surface area contributed by atoms with Crippen LogP contribution in [0.5, 0.6) is 5.75 Å². The molecule has 2 aliphatic rings. The molecule has 25 heavy (non-hydrogen) atoms. The van der Waals surface area contributed by atoms with Crippen LogP contribution in [-0.2, 0) is 17.6 Å². The van der Waals surface area contributed by atoms with Crippen molar-refractivity contribution in [3.05, 3.63) is 41.3 Å². The molecular formula is C18H20FN3O3. The summed E-state index contributed by atoms with van der Waals surface area (Å²) in [4.78, 5) is 19.0. The molecule has 3 heterocycles. The molecule has 132 valence electrons. The number of para-hydroxylation sites is 1. The van der Waals surface area contributed by atoms with Crippen LogP contribution in [0.1, 0.15) is 43.0 Å². The number of benzene rings is 1. The van der Waals surface area contributed by atoms with Gasteiger partial charge in [-0.1, -0.05) is 24.2 Å². The summed E-state index contributed by atoms with van der Waals surface area (Å²) in [5, 5.41) is 4.04. The van der Waals surface area contributed by atoms with Gasteiger partial charge in [-0.15, -0.1) is 0 Å². The molecule has 2 aliphatic heterocycles. The molecule has 7 heteroatoms. The maximum Gasteiger partial charge on any atom is 0.264 e. The smallest absolute Gasteiger partial charge is 0.264 e. The van der Waals surface area contributed by atoms with Gasteiger partial charge >= 0.3 is 0 Å². The number of aromatic nitrogens is 2. The molecule has 0 bridgehead atoms. The molecule has 4 rings (SSSR count). The predicted molar refractivity (Wildman–Crippen MR) is 86.8 cm³/mol. The third-order valence-corrected chi connectivity index (χ3v) is 4.87. The van der Waals surface area contributed by atoms with Gasteiger partial charge in [-0.25, -0.2) is 4.39 Å². The van der Waals surface area contributed by atoms with Crippen molar-refractivity contribution >= 4 is 5.91 Å². The van der Waals surface area contributed by atoms with Crippen molar-refractivity contribution in [3.63, 3.8) is 0 Å². The summed E-state index contributed by atoms with van der Waals surface area (Å²) in [6, 6.07) is 4.79. The Morgan fingerprint density at radius 3 is 3.08 bits per heavy atom. The fraction of sp³-hybridized carbons (Fsp3) is 0.500. The zero-order chi connectivity index (χ0) is 17.4. The molecule has 0 aliphatic carbocycles. The summed E-state index contributed by atoms with van der Waals surface area (Å²) < 4.78 is 24.6. The molecule has 2 aromatic rings.